The predicted octanol–water partition coefficient (Wildman–Crippen LogP) is 2.72. The molecule has 0 unspecified atom stereocenters. The van der Waals surface area contributed by atoms with Crippen LogP contribution in [-0.2, 0) is 6.42 Å². The summed E-state index contributed by atoms with van der Waals surface area (Å²) < 4.78 is 0. The van der Waals surface area contributed by atoms with Crippen molar-refractivity contribution in [3.63, 3.8) is 0 Å². The number of aromatic amines is 1. The number of aryl methyl sites for hydroxylation is 1. The van der Waals surface area contributed by atoms with Crippen LogP contribution in [0.2, 0.25) is 0 Å². The lowest BCUT2D eigenvalue weighted by molar-refractivity contribution is -0.384. The molecule has 2 N–H and O–H groups in total. The molecule has 3 aromatic rings. The number of H-pyrrole nitrogens is 1. The summed E-state index contributed by atoms with van der Waals surface area (Å²) in [7, 11) is 0. The predicted molar refractivity (Wildman–Crippen MR) is 98.4 cm³/mol. The first-order valence-electron chi connectivity index (χ1n) is 8.09. The molecule has 1 aromatic heterocycles. The van der Waals surface area contributed by atoms with Crippen LogP contribution in [0.15, 0.2) is 53.3 Å². The van der Waals surface area contributed by atoms with E-state index in [9.17, 15) is 19.7 Å². The van der Waals surface area contributed by atoms with Crippen LogP contribution in [0.25, 0.3) is 10.9 Å². The van der Waals surface area contributed by atoms with E-state index < -0.39 is 4.92 Å². The molecule has 0 spiro atoms. The first kappa shape index (κ1) is 17.3. The van der Waals surface area contributed by atoms with E-state index in [1.807, 2.05) is 31.2 Å². The summed E-state index contributed by atoms with van der Waals surface area (Å²) in [6.07, 6.45) is 0.387. The van der Waals surface area contributed by atoms with Gasteiger partial charge in [-0.05, 0) is 48.6 Å². The van der Waals surface area contributed by atoms with E-state index in [4.69, 9.17) is 0 Å². The number of nitrogens with zero attached hydrogens (tertiary/aromatic N) is 1. The lowest BCUT2D eigenvalue weighted by Crippen LogP contribution is -2.27. The molecule has 0 aliphatic carbocycles. The molecule has 0 fully saturated rings. The number of hydrogen-bond acceptors (Lipinski definition) is 4. The van der Waals surface area contributed by atoms with Crippen LogP contribution in [0.3, 0.4) is 0 Å². The molecule has 0 radical (unpaired) electrons. The summed E-state index contributed by atoms with van der Waals surface area (Å²) in [4.78, 5) is 37.2. The van der Waals surface area contributed by atoms with Crippen molar-refractivity contribution in [3.05, 3.63) is 85.7 Å². The third-order valence-electron chi connectivity index (χ3n) is 4.10. The SMILES string of the molecule is Cc1ccc2cc(CCNC(=O)c3ccc([N+](=O)[O-])cc3)c(=O)[nH]c2c1. The largest absolute Gasteiger partial charge is 0.352 e. The maximum absolute atomic E-state index is 12.2. The number of hydrogen-bond donors (Lipinski definition) is 2. The van der Waals surface area contributed by atoms with Crippen LogP contribution in [-0.4, -0.2) is 22.4 Å². The van der Waals surface area contributed by atoms with Gasteiger partial charge in [-0.25, -0.2) is 0 Å². The Morgan fingerprint density at radius 3 is 2.58 bits per heavy atom. The Morgan fingerprint density at radius 1 is 1.15 bits per heavy atom. The molecular weight excluding hydrogens is 334 g/mol. The van der Waals surface area contributed by atoms with Gasteiger partial charge in [0.25, 0.3) is 17.2 Å². The van der Waals surface area contributed by atoms with Gasteiger partial charge >= 0.3 is 0 Å². The number of carbonyl (C=O) groups is 1. The Kier molecular flexibility index (Phi) is 4.79. The number of benzene rings is 2. The highest BCUT2D eigenvalue weighted by atomic mass is 16.6. The number of nitrogens with one attached hydrogen (secondary N) is 2. The monoisotopic (exact) mass is 351 g/mol. The van der Waals surface area contributed by atoms with Gasteiger partial charge in [-0.1, -0.05) is 12.1 Å². The number of pyridine rings is 1. The number of aromatic nitrogens is 1. The van der Waals surface area contributed by atoms with Gasteiger partial charge in [0.05, 0.1) is 4.92 Å². The smallest absolute Gasteiger partial charge is 0.269 e. The minimum atomic E-state index is -0.519. The normalized spacial score (nSPS) is 10.7. The van der Waals surface area contributed by atoms with Crippen molar-refractivity contribution in [1.29, 1.82) is 0 Å². The molecule has 0 atom stereocenters. The molecule has 26 heavy (non-hydrogen) atoms. The third-order valence-corrected chi connectivity index (χ3v) is 4.10. The fraction of sp³-hybridized carbons (Fsp3) is 0.158. The van der Waals surface area contributed by atoms with Gasteiger partial charge in [-0.15, -0.1) is 0 Å². The van der Waals surface area contributed by atoms with Crippen LogP contribution in [0, 0.1) is 17.0 Å². The van der Waals surface area contributed by atoms with Gasteiger partial charge in [-0.2, -0.15) is 0 Å². The maximum Gasteiger partial charge on any atom is 0.269 e. The van der Waals surface area contributed by atoms with Crippen molar-refractivity contribution in [2.24, 2.45) is 0 Å². The summed E-state index contributed by atoms with van der Waals surface area (Å²) in [6.45, 7) is 2.25. The molecule has 1 heterocycles. The van der Waals surface area contributed by atoms with Crippen molar-refractivity contribution in [1.82, 2.24) is 10.3 Å². The van der Waals surface area contributed by atoms with E-state index in [0.717, 1.165) is 16.5 Å². The second kappa shape index (κ2) is 7.18. The molecule has 132 valence electrons. The van der Waals surface area contributed by atoms with E-state index in [-0.39, 0.29) is 23.7 Å². The lowest BCUT2D eigenvalue weighted by atomic mass is 10.1. The van der Waals surface area contributed by atoms with Crippen molar-refractivity contribution < 1.29 is 9.72 Å². The zero-order valence-electron chi connectivity index (χ0n) is 14.1. The van der Waals surface area contributed by atoms with E-state index >= 15 is 0 Å². The summed E-state index contributed by atoms with van der Waals surface area (Å²) in [6, 6.07) is 13.0. The summed E-state index contributed by atoms with van der Waals surface area (Å²) in [5.74, 6) is -0.340. The molecule has 1 amide bonds. The van der Waals surface area contributed by atoms with Crippen LogP contribution in [0.4, 0.5) is 5.69 Å². The Balaban J connectivity index is 1.65. The number of fused-ring (bicyclic) bond motifs is 1. The van der Waals surface area contributed by atoms with E-state index in [1.165, 1.54) is 24.3 Å². The van der Waals surface area contributed by atoms with E-state index in [2.05, 4.69) is 10.3 Å². The van der Waals surface area contributed by atoms with E-state index in [0.29, 0.717) is 17.5 Å². The van der Waals surface area contributed by atoms with Crippen molar-refractivity contribution in [2.75, 3.05) is 6.54 Å². The number of carbonyl (C=O) groups excluding carboxylic acids is 1. The second-order valence-corrected chi connectivity index (χ2v) is 6.02. The van der Waals surface area contributed by atoms with E-state index in [1.54, 1.807) is 0 Å². The van der Waals surface area contributed by atoms with Crippen LogP contribution < -0.4 is 10.9 Å². The highest BCUT2D eigenvalue weighted by molar-refractivity contribution is 5.94. The highest BCUT2D eigenvalue weighted by Crippen LogP contribution is 2.14. The fourth-order valence-corrected chi connectivity index (χ4v) is 2.69. The minimum absolute atomic E-state index is 0.0699. The molecule has 0 aliphatic heterocycles. The molecule has 0 bridgehead atoms. The molecular formula is C19H17N3O4. The first-order chi connectivity index (χ1) is 12.4. The van der Waals surface area contributed by atoms with Gasteiger partial charge in [0.1, 0.15) is 0 Å². The van der Waals surface area contributed by atoms with Gasteiger partial charge < -0.3 is 10.3 Å². The minimum Gasteiger partial charge on any atom is -0.352 e. The van der Waals surface area contributed by atoms with Crippen molar-refractivity contribution in [3.8, 4) is 0 Å². The third kappa shape index (κ3) is 3.77. The average molecular weight is 351 g/mol. The lowest BCUT2D eigenvalue weighted by Gasteiger charge is -2.06. The Morgan fingerprint density at radius 2 is 1.88 bits per heavy atom. The standard InChI is InChI=1S/C19H17N3O4/c1-12-2-3-14-11-15(19(24)21-17(14)10-12)8-9-20-18(23)13-4-6-16(7-5-13)22(25)26/h2-7,10-11H,8-9H2,1H3,(H,20,23)(H,21,24). The fourth-order valence-electron chi connectivity index (χ4n) is 2.69. The van der Waals surface area contributed by atoms with Crippen LogP contribution >= 0.6 is 0 Å². The number of nitro benzene ring substituents is 1. The Bertz CT molecular complexity index is 1040. The molecule has 0 saturated heterocycles. The quantitative estimate of drug-likeness (QED) is 0.544. The summed E-state index contributed by atoms with van der Waals surface area (Å²) in [5.41, 5.74) is 2.53. The molecule has 7 nitrogen and oxygen atoms in total. The number of rotatable bonds is 5. The maximum atomic E-state index is 12.2. The number of non-ortho nitro benzene ring substituents is 1. The van der Waals surface area contributed by atoms with Gasteiger partial charge in [-0.3, -0.25) is 19.7 Å². The van der Waals surface area contributed by atoms with Crippen molar-refractivity contribution in [2.45, 2.75) is 13.3 Å². The van der Waals surface area contributed by atoms with Crippen LogP contribution in [0.1, 0.15) is 21.5 Å². The second-order valence-electron chi connectivity index (χ2n) is 6.02. The van der Waals surface area contributed by atoms with Crippen molar-refractivity contribution >= 4 is 22.5 Å². The molecule has 0 saturated carbocycles. The van der Waals surface area contributed by atoms with Gasteiger partial charge in [0, 0.05) is 35.3 Å². The average Bonchev–Trinajstić information content (AvgIpc) is 2.62. The molecule has 3 rings (SSSR count). The molecule has 2 aromatic carbocycles. The zero-order valence-corrected chi connectivity index (χ0v) is 14.1. The molecule has 0 aliphatic rings. The summed E-state index contributed by atoms with van der Waals surface area (Å²) in [5, 5.41) is 14.3. The number of nitro groups is 1. The van der Waals surface area contributed by atoms with Crippen LogP contribution in [0.5, 0.6) is 0 Å². The molecule has 7 heteroatoms. The first-order valence-corrected chi connectivity index (χ1v) is 8.09. The number of amides is 1. The topological polar surface area (TPSA) is 105 Å². The van der Waals surface area contributed by atoms with Gasteiger partial charge in [0.2, 0.25) is 0 Å². The highest BCUT2D eigenvalue weighted by Gasteiger charge is 2.10. The zero-order chi connectivity index (χ0) is 18.7. The Hall–Kier alpha value is -3.48. The summed E-state index contributed by atoms with van der Waals surface area (Å²) >= 11 is 0. The van der Waals surface area contributed by atoms with Gasteiger partial charge in [0.15, 0.2) is 0 Å². The Labute approximate surface area is 148 Å².